The summed E-state index contributed by atoms with van der Waals surface area (Å²) >= 11 is 0. The van der Waals surface area contributed by atoms with Gasteiger partial charge in [-0.05, 0) is 12.3 Å². The van der Waals surface area contributed by atoms with E-state index in [1.165, 1.54) is 12.8 Å². The molecule has 8 heavy (non-hydrogen) atoms. The van der Waals surface area contributed by atoms with Crippen LogP contribution in [0.25, 0.3) is 0 Å². The van der Waals surface area contributed by atoms with Gasteiger partial charge in [0.1, 0.15) is 0 Å². The second-order valence-corrected chi connectivity index (χ2v) is 2.38. The molecule has 1 atom stereocenters. The third-order valence-corrected chi connectivity index (χ3v) is 1.44. The van der Waals surface area contributed by atoms with Crippen LogP contribution >= 0.6 is 0 Å². The highest BCUT2D eigenvalue weighted by Gasteiger charge is 1.94. The minimum Gasteiger partial charge on any atom is -0.0625 e. The van der Waals surface area contributed by atoms with Gasteiger partial charge < -0.3 is 0 Å². The van der Waals surface area contributed by atoms with Crippen LogP contribution in [0.1, 0.15) is 33.1 Å². The van der Waals surface area contributed by atoms with Crippen LogP contribution in [0.5, 0.6) is 0 Å². The third kappa shape index (κ3) is 4.17. The van der Waals surface area contributed by atoms with Crippen LogP contribution in [0.15, 0.2) is 0 Å². The summed E-state index contributed by atoms with van der Waals surface area (Å²) in [5.41, 5.74) is 0. The predicted octanol–water partition coefficient (Wildman–Crippen LogP) is 2.85. The van der Waals surface area contributed by atoms with Crippen LogP contribution in [0.4, 0.5) is 0 Å². The number of rotatable bonds is 4. The predicted molar refractivity (Wildman–Crippen MR) is 38.3 cm³/mol. The average molecular weight is 112 g/mol. The van der Waals surface area contributed by atoms with Crippen molar-refractivity contribution < 1.29 is 0 Å². The van der Waals surface area contributed by atoms with E-state index in [1.807, 2.05) is 0 Å². The molecule has 2 radical (unpaired) electrons. The molecule has 1 unspecified atom stereocenters. The fraction of sp³-hybridized carbons (Fsp3) is 0.750. The quantitative estimate of drug-likeness (QED) is 0.524. The molecular weight excluding hydrogens is 96.1 g/mol. The number of unbranched alkanes of at least 4 members (excludes halogenated alkanes) is 1. The van der Waals surface area contributed by atoms with E-state index in [4.69, 9.17) is 0 Å². The van der Waals surface area contributed by atoms with Gasteiger partial charge in [-0.3, -0.25) is 0 Å². The van der Waals surface area contributed by atoms with Crippen molar-refractivity contribution in [2.24, 2.45) is 5.92 Å². The topological polar surface area (TPSA) is 0 Å². The van der Waals surface area contributed by atoms with Gasteiger partial charge in [0.15, 0.2) is 0 Å². The normalized spacial score (nSPS) is 13.9. The van der Waals surface area contributed by atoms with E-state index in [1.54, 1.807) is 0 Å². The van der Waals surface area contributed by atoms with Gasteiger partial charge in [-0.15, -0.1) is 0 Å². The van der Waals surface area contributed by atoms with Gasteiger partial charge in [0.2, 0.25) is 0 Å². The summed E-state index contributed by atoms with van der Waals surface area (Å²) in [5.74, 6) is 0.811. The van der Waals surface area contributed by atoms with Gasteiger partial charge >= 0.3 is 0 Å². The monoisotopic (exact) mass is 112 g/mol. The zero-order chi connectivity index (χ0) is 6.41. The van der Waals surface area contributed by atoms with Gasteiger partial charge in [0, 0.05) is 0 Å². The Hall–Kier alpha value is 0. The lowest BCUT2D eigenvalue weighted by molar-refractivity contribution is 0.536. The lowest BCUT2D eigenvalue weighted by Crippen LogP contribution is -1.90. The van der Waals surface area contributed by atoms with Crippen molar-refractivity contribution in [3.63, 3.8) is 0 Å². The van der Waals surface area contributed by atoms with Gasteiger partial charge in [-0.1, -0.05) is 40.0 Å². The average Bonchev–Trinajstić information content (AvgIpc) is 1.83. The minimum atomic E-state index is 0.811. The first-order chi connectivity index (χ1) is 3.81. The van der Waals surface area contributed by atoms with Crippen LogP contribution in [0, 0.1) is 19.3 Å². The molecule has 0 heteroatoms. The Bertz CT molecular complexity index is 39.3. The Morgan fingerprint density at radius 2 is 2.25 bits per heavy atom. The van der Waals surface area contributed by atoms with Crippen LogP contribution in [0.2, 0.25) is 0 Å². The maximum absolute atomic E-state index is 3.82. The third-order valence-electron chi connectivity index (χ3n) is 1.44. The van der Waals surface area contributed by atoms with E-state index in [2.05, 4.69) is 27.2 Å². The molecule has 0 fully saturated rings. The molecule has 0 bridgehead atoms. The largest absolute Gasteiger partial charge is 0.0625 e. The Balaban J connectivity index is 2.86. The number of hydrogen-bond acceptors (Lipinski definition) is 0. The lowest BCUT2D eigenvalue weighted by Gasteiger charge is -2.04. The molecule has 0 saturated carbocycles. The molecule has 0 aromatic carbocycles. The fourth-order valence-electron chi connectivity index (χ4n) is 0.596. The SMILES string of the molecule is [CH2]CC(C)CC[CH]C. The summed E-state index contributed by atoms with van der Waals surface area (Å²) < 4.78 is 0. The van der Waals surface area contributed by atoms with Crippen LogP contribution < -0.4 is 0 Å². The van der Waals surface area contributed by atoms with Crippen molar-refractivity contribution in [1.29, 1.82) is 0 Å². The van der Waals surface area contributed by atoms with E-state index in [0.717, 1.165) is 12.3 Å². The molecule has 0 nitrogen and oxygen atoms in total. The first kappa shape index (κ1) is 8.00. The second kappa shape index (κ2) is 5.14. The maximum Gasteiger partial charge on any atom is -0.0417 e. The maximum atomic E-state index is 3.82. The van der Waals surface area contributed by atoms with Crippen molar-refractivity contribution >= 4 is 0 Å². The molecule has 0 amide bonds. The number of hydrogen-bond donors (Lipinski definition) is 0. The summed E-state index contributed by atoms with van der Waals surface area (Å²) in [7, 11) is 0. The summed E-state index contributed by atoms with van der Waals surface area (Å²) in [6.45, 7) is 8.18. The first-order valence-corrected chi connectivity index (χ1v) is 3.38. The Kier molecular flexibility index (Phi) is 5.14. The Labute approximate surface area is 53.3 Å². The van der Waals surface area contributed by atoms with Gasteiger partial charge in [0.25, 0.3) is 0 Å². The van der Waals surface area contributed by atoms with E-state index < -0.39 is 0 Å². The first-order valence-electron chi connectivity index (χ1n) is 3.38. The van der Waals surface area contributed by atoms with Crippen LogP contribution in [0.3, 0.4) is 0 Å². The van der Waals surface area contributed by atoms with Crippen molar-refractivity contribution in [2.45, 2.75) is 33.1 Å². The zero-order valence-electron chi connectivity index (χ0n) is 5.98. The van der Waals surface area contributed by atoms with Gasteiger partial charge in [-0.2, -0.15) is 0 Å². The van der Waals surface area contributed by atoms with E-state index in [-0.39, 0.29) is 0 Å². The fourth-order valence-corrected chi connectivity index (χ4v) is 0.596. The van der Waals surface area contributed by atoms with E-state index in [9.17, 15) is 0 Å². The Morgan fingerprint density at radius 3 is 2.62 bits per heavy atom. The molecule has 0 N–H and O–H groups in total. The molecule has 0 aromatic rings. The molecule has 0 aliphatic carbocycles. The highest BCUT2D eigenvalue weighted by molar-refractivity contribution is 4.60. The molecule has 0 aliphatic heterocycles. The summed E-state index contributed by atoms with van der Waals surface area (Å²) in [6.07, 6.45) is 5.84. The molecule has 0 aliphatic rings. The van der Waals surface area contributed by atoms with Gasteiger partial charge in [-0.25, -0.2) is 0 Å². The lowest BCUT2D eigenvalue weighted by atomic mass is 10.0. The summed E-state index contributed by atoms with van der Waals surface area (Å²) in [4.78, 5) is 0. The van der Waals surface area contributed by atoms with Crippen molar-refractivity contribution in [2.75, 3.05) is 0 Å². The smallest absolute Gasteiger partial charge is 0.0417 e. The van der Waals surface area contributed by atoms with Crippen LogP contribution in [-0.2, 0) is 0 Å². The summed E-state index contributed by atoms with van der Waals surface area (Å²) in [5, 5.41) is 0. The van der Waals surface area contributed by atoms with E-state index >= 15 is 0 Å². The molecule has 0 heterocycles. The Morgan fingerprint density at radius 1 is 1.62 bits per heavy atom. The summed E-state index contributed by atoms with van der Waals surface area (Å²) in [6, 6.07) is 0. The highest BCUT2D eigenvalue weighted by Crippen LogP contribution is 2.09. The van der Waals surface area contributed by atoms with Crippen molar-refractivity contribution in [3.05, 3.63) is 13.3 Å². The molecule has 0 saturated heterocycles. The minimum absolute atomic E-state index is 0.811. The van der Waals surface area contributed by atoms with Crippen molar-refractivity contribution in [3.8, 4) is 0 Å². The molecule has 0 rings (SSSR count). The molecule has 0 aromatic heterocycles. The second-order valence-electron chi connectivity index (χ2n) is 2.38. The molecular formula is C8H16. The van der Waals surface area contributed by atoms with Gasteiger partial charge in [0.05, 0.1) is 0 Å². The molecule has 48 valence electrons. The molecule has 0 spiro atoms. The highest BCUT2D eigenvalue weighted by atomic mass is 14.0. The zero-order valence-corrected chi connectivity index (χ0v) is 5.98. The van der Waals surface area contributed by atoms with Crippen molar-refractivity contribution in [1.82, 2.24) is 0 Å². The van der Waals surface area contributed by atoms with Crippen LogP contribution in [-0.4, -0.2) is 0 Å². The standard InChI is InChI=1S/C8H16/c1-4-6-7-8(3)5-2/h4,8H,2,5-7H2,1,3H3. The van der Waals surface area contributed by atoms with E-state index in [0.29, 0.717) is 0 Å².